The summed E-state index contributed by atoms with van der Waals surface area (Å²) < 4.78 is 12.8. The van der Waals surface area contributed by atoms with Gasteiger partial charge in [-0.3, -0.25) is 9.59 Å². The van der Waals surface area contributed by atoms with E-state index in [9.17, 15) is 18.8 Å². The van der Waals surface area contributed by atoms with Crippen LogP contribution in [0.2, 0.25) is 5.02 Å². The predicted molar refractivity (Wildman–Crippen MR) is 67.2 cm³/mol. The monoisotopic (exact) mass is 303 g/mol. The highest BCUT2D eigenvalue weighted by atomic mass is 35.5. The van der Waals surface area contributed by atoms with E-state index < -0.39 is 36.1 Å². The highest BCUT2D eigenvalue weighted by molar-refractivity contribution is 6.33. The van der Waals surface area contributed by atoms with Crippen LogP contribution in [0.25, 0.3) is 0 Å². The first-order valence-electron chi connectivity index (χ1n) is 5.51. The van der Waals surface area contributed by atoms with Gasteiger partial charge in [-0.1, -0.05) is 11.6 Å². The molecule has 1 aromatic rings. The molecule has 8 heteroatoms. The van der Waals surface area contributed by atoms with Gasteiger partial charge in [-0.25, -0.2) is 9.18 Å². The third-order valence-corrected chi connectivity index (χ3v) is 2.74. The molecule has 20 heavy (non-hydrogen) atoms. The van der Waals surface area contributed by atoms with Crippen molar-refractivity contribution in [3.63, 3.8) is 0 Å². The van der Waals surface area contributed by atoms with Crippen LogP contribution in [0.3, 0.4) is 0 Å². The molecule has 0 spiro atoms. The third-order valence-electron chi connectivity index (χ3n) is 2.43. The Kier molecular flexibility index (Phi) is 5.45. The first-order valence-corrected chi connectivity index (χ1v) is 5.89. The average Bonchev–Trinajstić information content (AvgIpc) is 2.33. The first kappa shape index (κ1) is 15.9. The van der Waals surface area contributed by atoms with Gasteiger partial charge in [0.1, 0.15) is 11.9 Å². The molecular weight excluding hydrogens is 293 g/mol. The lowest BCUT2D eigenvalue weighted by Gasteiger charge is -2.14. The molecule has 0 saturated heterocycles. The molecule has 0 aliphatic heterocycles. The maximum absolute atomic E-state index is 12.8. The molecule has 1 amide bonds. The van der Waals surface area contributed by atoms with Crippen LogP contribution in [0.5, 0.6) is 0 Å². The van der Waals surface area contributed by atoms with Gasteiger partial charge in [0.25, 0.3) is 5.91 Å². The molecule has 0 heterocycles. The lowest BCUT2D eigenvalue weighted by molar-refractivity contribution is -0.140. The van der Waals surface area contributed by atoms with Gasteiger partial charge in [-0.05, 0) is 24.6 Å². The van der Waals surface area contributed by atoms with Crippen LogP contribution in [-0.2, 0) is 9.59 Å². The second-order valence-electron chi connectivity index (χ2n) is 3.92. The quantitative estimate of drug-likeness (QED) is 0.739. The summed E-state index contributed by atoms with van der Waals surface area (Å²) >= 11 is 5.67. The van der Waals surface area contributed by atoms with Crippen molar-refractivity contribution in [2.45, 2.75) is 18.9 Å². The topological polar surface area (TPSA) is 104 Å². The minimum atomic E-state index is -1.36. The van der Waals surface area contributed by atoms with Crippen LogP contribution >= 0.6 is 11.6 Å². The third kappa shape index (κ3) is 4.51. The number of halogens is 2. The zero-order valence-electron chi connectivity index (χ0n) is 10.1. The van der Waals surface area contributed by atoms with E-state index in [-0.39, 0.29) is 17.0 Å². The van der Waals surface area contributed by atoms with E-state index in [1.54, 1.807) is 0 Å². The number of carboxylic acid groups (broad SMARTS) is 2. The Balaban J connectivity index is 2.80. The Morgan fingerprint density at radius 3 is 2.45 bits per heavy atom. The van der Waals surface area contributed by atoms with E-state index in [0.717, 1.165) is 18.2 Å². The zero-order valence-corrected chi connectivity index (χ0v) is 10.9. The van der Waals surface area contributed by atoms with E-state index in [1.165, 1.54) is 0 Å². The minimum Gasteiger partial charge on any atom is -0.481 e. The summed E-state index contributed by atoms with van der Waals surface area (Å²) in [6.45, 7) is 0. The molecule has 1 atom stereocenters. The number of carbonyl (C=O) groups excluding carboxylic acids is 1. The highest BCUT2D eigenvalue weighted by Crippen LogP contribution is 2.17. The Morgan fingerprint density at radius 1 is 1.30 bits per heavy atom. The Hall–Kier alpha value is -2.15. The van der Waals surface area contributed by atoms with Crippen LogP contribution in [-0.4, -0.2) is 34.1 Å². The van der Waals surface area contributed by atoms with Crippen LogP contribution in [0, 0.1) is 5.82 Å². The molecule has 0 saturated carbocycles. The normalized spacial score (nSPS) is 11.7. The van der Waals surface area contributed by atoms with Gasteiger partial charge in [-0.15, -0.1) is 0 Å². The van der Waals surface area contributed by atoms with Gasteiger partial charge in [-0.2, -0.15) is 0 Å². The predicted octanol–water partition coefficient (Wildman–Crippen LogP) is 1.53. The zero-order chi connectivity index (χ0) is 15.3. The summed E-state index contributed by atoms with van der Waals surface area (Å²) in [5.74, 6) is -3.98. The van der Waals surface area contributed by atoms with Gasteiger partial charge in [0.15, 0.2) is 0 Å². The fraction of sp³-hybridized carbons (Fsp3) is 0.250. The number of rotatable bonds is 6. The minimum absolute atomic E-state index is 0.0883. The molecule has 3 N–H and O–H groups in total. The summed E-state index contributed by atoms with van der Waals surface area (Å²) in [4.78, 5) is 33.1. The molecule has 1 rings (SSSR count). The largest absolute Gasteiger partial charge is 0.481 e. The average molecular weight is 304 g/mol. The second kappa shape index (κ2) is 6.85. The van der Waals surface area contributed by atoms with Crippen molar-refractivity contribution in [3.05, 3.63) is 34.6 Å². The molecule has 0 radical (unpaired) electrons. The Morgan fingerprint density at radius 2 is 1.95 bits per heavy atom. The van der Waals surface area contributed by atoms with Gasteiger partial charge in [0.2, 0.25) is 0 Å². The number of hydrogen-bond donors (Lipinski definition) is 3. The number of amides is 1. The standard InChI is InChI=1S/C12H11ClFNO5/c13-8-5-6(14)1-2-7(8)11(18)15-9(12(19)20)3-4-10(16)17/h1-2,5,9H,3-4H2,(H,15,18)(H,16,17)(H,19,20). The molecular formula is C12H11ClFNO5. The van der Waals surface area contributed by atoms with Gasteiger partial charge < -0.3 is 15.5 Å². The first-order chi connectivity index (χ1) is 9.31. The van der Waals surface area contributed by atoms with Crippen molar-refractivity contribution in [3.8, 4) is 0 Å². The lowest BCUT2D eigenvalue weighted by Crippen LogP contribution is -2.41. The van der Waals surface area contributed by atoms with Crippen LogP contribution in [0.1, 0.15) is 23.2 Å². The van der Waals surface area contributed by atoms with E-state index in [1.807, 2.05) is 0 Å². The van der Waals surface area contributed by atoms with Crippen molar-refractivity contribution in [2.75, 3.05) is 0 Å². The van der Waals surface area contributed by atoms with Crippen molar-refractivity contribution >= 4 is 29.4 Å². The number of aliphatic carboxylic acids is 2. The molecule has 0 aliphatic rings. The highest BCUT2D eigenvalue weighted by Gasteiger charge is 2.22. The smallest absolute Gasteiger partial charge is 0.326 e. The van der Waals surface area contributed by atoms with E-state index in [0.29, 0.717) is 0 Å². The maximum atomic E-state index is 12.8. The Labute approximate surface area is 118 Å². The Bertz CT molecular complexity index is 549. The summed E-state index contributed by atoms with van der Waals surface area (Å²) in [6.07, 6.45) is -0.677. The number of nitrogens with one attached hydrogen (secondary N) is 1. The van der Waals surface area contributed by atoms with Crippen LogP contribution in [0.4, 0.5) is 4.39 Å². The van der Waals surface area contributed by atoms with E-state index >= 15 is 0 Å². The molecule has 1 unspecified atom stereocenters. The lowest BCUT2D eigenvalue weighted by atomic mass is 10.1. The fourth-order valence-corrected chi connectivity index (χ4v) is 1.69. The molecule has 0 fully saturated rings. The van der Waals surface area contributed by atoms with E-state index in [4.69, 9.17) is 21.8 Å². The molecule has 0 aliphatic carbocycles. The van der Waals surface area contributed by atoms with Crippen molar-refractivity contribution < 1.29 is 29.0 Å². The molecule has 108 valence electrons. The SMILES string of the molecule is O=C(O)CCC(NC(=O)c1ccc(F)cc1Cl)C(=O)O. The second-order valence-corrected chi connectivity index (χ2v) is 4.33. The molecule has 6 nitrogen and oxygen atoms in total. The van der Waals surface area contributed by atoms with Crippen molar-refractivity contribution in [2.24, 2.45) is 0 Å². The number of benzene rings is 1. The summed E-state index contributed by atoms with van der Waals surface area (Å²) in [5.41, 5.74) is -0.0883. The summed E-state index contributed by atoms with van der Waals surface area (Å²) in [7, 11) is 0. The number of carboxylic acids is 2. The fourth-order valence-electron chi connectivity index (χ4n) is 1.43. The van der Waals surface area contributed by atoms with Gasteiger partial charge in [0, 0.05) is 6.42 Å². The van der Waals surface area contributed by atoms with Crippen molar-refractivity contribution in [1.29, 1.82) is 0 Å². The van der Waals surface area contributed by atoms with Crippen LogP contribution in [0.15, 0.2) is 18.2 Å². The number of hydrogen-bond acceptors (Lipinski definition) is 3. The molecule has 0 bridgehead atoms. The molecule has 1 aromatic carbocycles. The van der Waals surface area contributed by atoms with Crippen LogP contribution < -0.4 is 5.32 Å². The number of carbonyl (C=O) groups is 3. The maximum Gasteiger partial charge on any atom is 0.326 e. The van der Waals surface area contributed by atoms with Gasteiger partial charge in [0.05, 0.1) is 10.6 Å². The molecule has 0 aromatic heterocycles. The van der Waals surface area contributed by atoms with Crippen molar-refractivity contribution in [1.82, 2.24) is 5.32 Å². The summed E-state index contributed by atoms with van der Waals surface area (Å²) in [5, 5.41) is 19.4. The van der Waals surface area contributed by atoms with E-state index in [2.05, 4.69) is 5.32 Å². The summed E-state index contributed by atoms with van der Waals surface area (Å²) in [6, 6.07) is 1.68. The van der Waals surface area contributed by atoms with Gasteiger partial charge >= 0.3 is 11.9 Å².